The van der Waals surface area contributed by atoms with Crippen LogP contribution in [0.3, 0.4) is 0 Å². The third-order valence-electron chi connectivity index (χ3n) is 4.67. The van der Waals surface area contributed by atoms with Crippen LogP contribution in [0.4, 0.5) is 5.69 Å². The highest BCUT2D eigenvalue weighted by Gasteiger charge is 2.23. The zero-order valence-corrected chi connectivity index (χ0v) is 18.5. The van der Waals surface area contributed by atoms with E-state index in [9.17, 15) is 9.59 Å². The number of nitrogens with one attached hydrogen (secondary N) is 1. The molecule has 0 saturated carbocycles. The number of carbonyl (C=O) groups is 2. The van der Waals surface area contributed by atoms with Crippen LogP contribution in [0.2, 0.25) is 0 Å². The molecule has 1 aromatic carbocycles. The van der Waals surface area contributed by atoms with Crippen molar-refractivity contribution in [3.8, 4) is 0 Å². The van der Waals surface area contributed by atoms with Gasteiger partial charge < -0.3 is 16.8 Å². The highest BCUT2D eigenvalue weighted by molar-refractivity contribution is 7.09. The second-order valence-corrected chi connectivity index (χ2v) is 7.74. The number of nitrogens with two attached hydrogens (primary N) is 2. The van der Waals surface area contributed by atoms with Gasteiger partial charge in [-0.25, -0.2) is 4.98 Å². The summed E-state index contributed by atoms with van der Waals surface area (Å²) in [5.74, 6) is -0.489. The first-order valence-corrected chi connectivity index (χ1v) is 9.99. The Kier molecular flexibility index (Phi) is 10.6. The summed E-state index contributed by atoms with van der Waals surface area (Å²) >= 11 is 1.45. The van der Waals surface area contributed by atoms with Crippen molar-refractivity contribution in [2.24, 2.45) is 17.4 Å². The maximum atomic E-state index is 12.3. The van der Waals surface area contributed by atoms with Gasteiger partial charge in [-0.05, 0) is 43.6 Å². The van der Waals surface area contributed by atoms with Crippen molar-refractivity contribution < 1.29 is 9.59 Å². The Labute approximate surface area is 187 Å². The monoisotopic (exact) mass is 459 g/mol. The summed E-state index contributed by atoms with van der Waals surface area (Å²) in [6, 6.07) is 7.75. The van der Waals surface area contributed by atoms with Crippen molar-refractivity contribution in [1.29, 1.82) is 0 Å². The molecule has 0 radical (unpaired) electrons. The van der Waals surface area contributed by atoms with Crippen LogP contribution in [0.1, 0.15) is 33.9 Å². The number of likely N-dealkylation sites (tertiary alicyclic amines) is 1. The Hall–Kier alpha value is -1.71. The summed E-state index contributed by atoms with van der Waals surface area (Å²) in [4.78, 5) is 30.2. The summed E-state index contributed by atoms with van der Waals surface area (Å²) in [6.45, 7) is 2.97. The molecule has 1 aliphatic heterocycles. The van der Waals surface area contributed by atoms with Gasteiger partial charge in [0.05, 0.1) is 10.9 Å². The van der Waals surface area contributed by atoms with E-state index in [1.165, 1.54) is 11.3 Å². The zero-order valence-electron chi connectivity index (χ0n) is 16.0. The van der Waals surface area contributed by atoms with E-state index in [0.717, 1.165) is 42.2 Å². The van der Waals surface area contributed by atoms with Crippen molar-refractivity contribution in [2.45, 2.75) is 25.8 Å². The number of rotatable bonds is 7. The summed E-state index contributed by atoms with van der Waals surface area (Å²) in [6.07, 6.45) is 2.54. The average Bonchev–Trinajstić information content (AvgIpc) is 3.13. The van der Waals surface area contributed by atoms with Crippen LogP contribution in [0.25, 0.3) is 0 Å². The standard InChI is InChI=1S/C19H25N5O2S.2ClH/c20-8-7-17-23-16(12-27-17)19(26)22-15-5-3-13(4-6-15)10-24-9-1-2-14(11-24)18(21)25;;/h3-6,12,14H,1-2,7-11,20H2,(H2,21,25)(H,22,26);2*1H. The number of amides is 2. The Morgan fingerprint density at radius 3 is 2.62 bits per heavy atom. The predicted molar refractivity (Wildman–Crippen MR) is 121 cm³/mol. The van der Waals surface area contributed by atoms with Gasteiger partial charge >= 0.3 is 0 Å². The molecule has 2 aromatic rings. The second-order valence-electron chi connectivity index (χ2n) is 6.79. The normalized spacial score (nSPS) is 16.4. The van der Waals surface area contributed by atoms with Gasteiger partial charge in [0.2, 0.25) is 5.91 Å². The van der Waals surface area contributed by atoms with E-state index in [4.69, 9.17) is 11.5 Å². The molecule has 2 heterocycles. The number of nitrogens with zero attached hydrogens (tertiary/aromatic N) is 2. The van der Waals surface area contributed by atoms with Gasteiger partial charge in [-0.1, -0.05) is 12.1 Å². The molecule has 1 aliphatic rings. The van der Waals surface area contributed by atoms with Crippen molar-refractivity contribution >= 4 is 53.7 Å². The number of aromatic nitrogens is 1. The van der Waals surface area contributed by atoms with Gasteiger partial charge in [-0.3, -0.25) is 14.5 Å². The van der Waals surface area contributed by atoms with Crippen LogP contribution in [-0.2, 0) is 17.8 Å². The maximum absolute atomic E-state index is 12.3. The number of hydrogen-bond acceptors (Lipinski definition) is 6. The first-order chi connectivity index (χ1) is 13.0. The lowest BCUT2D eigenvalue weighted by Gasteiger charge is -2.31. The number of benzene rings is 1. The predicted octanol–water partition coefficient (Wildman–Crippen LogP) is 2.44. The van der Waals surface area contributed by atoms with Gasteiger partial charge in [-0.2, -0.15) is 0 Å². The topological polar surface area (TPSA) is 114 Å². The molecule has 5 N–H and O–H groups in total. The second kappa shape index (κ2) is 12.1. The molecular formula is C19H27Cl2N5O2S. The fourth-order valence-corrected chi connectivity index (χ4v) is 4.03. The minimum atomic E-state index is -0.220. The lowest BCUT2D eigenvalue weighted by molar-refractivity contribution is -0.123. The summed E-state index contributed by atoms with van der Waals surface area (Å²) in [7, 11) is 0. The molecule has 1 atom stereocenters. The summed E-state index contributed by atoms with van der Waals surface area (Å²) in [5, 5.41) is 5.49. The Morgan fingerprint density at radius 2 is 1.97 bits per heavy atom. The number of hydrogen-bond donors (Lipinski definition) is 3. The van der Waals surface area contributed by atoms with Crippen LogP contribution in [0.15, 0.2) is 29.6 Å². The smallest absolute Gasteiger partial charge is 0.275 e. The van der Waals surface area contributed by atoms with Gasteiger partial charge in [0, 0.05) is 30.6 Å². The molecule has 29 heavy (non-hydrogen) atoms. The van der Waals surface area contributed by atoms with E-state index in [-0.39, 0.29) is 42.5 Å². The van der Waals surface area contributed by atoms with Crippen LogP contribution in [0, 0.1) is 5.92 Å². The van der Waals surface area contributed by atoms with Crippen LogP contribution in [0.5, 0.6) is 0 Å². The van der Waals surface area contributed by atoms with E-state index in [2.05, 4.69) is 15.2 Å². The third kappa shape index (κ3) is 7.24. The summed E-state index contributed by atoms with van der Waals surface area (Å²) < 4.78 is 0. The zero-order chi connectivity index (χ0) is 19.2. The molecular weight excluding hydrogens is 433 g/mol. The molecule has 0 spiro atoms. The molecule has 7 nitrogen and oxygen atoms in total. The quantitative estimate of drug-likeness (QED) is 0.587. The summed E-state index contributed by atoms with van der Waals surface area (Å²) in [5.41, 5.74) is 13.2. The average molecular weight is 460 g/mol. The molecule has 2 amide bonds. The molecule has 1 unspecified atom stereocenters. The molecule has 160 valence electrons. The molecule has 1 saturated heterocycles. The maximum Gasteiger partial charge on any atom is 0.275 e. The molecule has 0 bridgehead atoms. The van der Waals surface area contributed by atoms with E-state index >= 15 is 0 Å². The van der Waals surface area contributed by atoms with Crippen molar-refractivity contribution in [3.05, 3.63) is 45.9 Å². The Bertz CT molecular complexity index is 800. The third-order valence-corrected chi connectivity index (χ3v) is 5.58. The molecule has 10 heteroatoms. The van der Waals surface area contributed by atoms with E-state index in [0.29, 0.717) is 25.2 Å². The van der Waals surface area contributed by atoms with Gasteiger partial charge in [0.1, 0.15) is 5.69 Å². The first-order valence-electron chi connectivity index (χ1n) is 9.11. The van der Waals surface area contributed by atoms with E-state index in [1.54, 1.807) is 5.38 Å². The van der Waals surface area contributed by atoms with Crippen LogP contribution < -0.4 is 16.8 Å². The van der Waals surface area contributed by atoms with Crippen LogP contribution in [-0.4, -0.2) is 41.3 Å². The minimum Gasteiger partial charge on any atom is -0.369 e. The molecule has 3 rings (SSSR count). The Morgan fingerprint density at radius 1 is 1.24 bits per heavy atom. The number of anilines is 1. The van der Waals surface area contributed by atoms with E-state index in [1.807, 2.05) is 24.3 Å². The number of piperidine rings is 1. The van der Waals surface area contributed by atoms with E-state index < -0.39 is 0 Å². The highest BCUT2D eigenvalue weighted by Crippen LogP contribution is 2.19. The molecule has 0 aliphatic carbocycles. The van der Waals surface area contributed by atoms with Gasteiger partial charge in [-0.15, -0.1) is 36.2 Å². The van der Waals surface area contributed by atoms with Crippen LogP contribution >= 0.6 is 36.2 Å². The van der Waals surface area contributed by atoms with Gasteiger partial charge in [0.25, 0.3) is 5.91 Å². The number of primary amides is 1. The Balaban J connectivity index is 0.00000210. The van der Waals surface area contributed by atoms with Crippen molar-refractivity contribution in [3.63, 3.8) is 0 Å². The number of halogens is 2. The SMILES string of the molecule is Cl.Cl.NCCc1nc(C(=O)Nc2ccc(CN3CCCC(C(N)=O)C3)cc2)cs1. The highest BCUT2D eigenvalue weighted by atomic mass is 35.5. The van der Waals surface area contributed by atoms with Crippen molar-refractivity contribution in [2.75, 3.05) is 25.0 Å². The minimum absolute atomic E-state index is 0. The number of carbonyl (C=O) groups excluding carboxylic acids is 2. The fraction of sp³-hybridized carbons (Fsp3) is 0.421. The van der Waals surface area contributed by atoms with Crippen molar-refractivity contribution in [1.82, 2.24) is 9.88 Å². The lowest BCUT2D eigenvalue weighted by atomic mass is 9.97. The fourth-order valence-electron chi connectivity index (χ4n) is 3.23. The first kappa shape index (κ1) is 25.3. The van der Waals surface area contributed by atoms with Gasteiger partial charge in [0.15, 0.2) is 0 Å². The largest absolute Gasteiger partial charge is 0.369 e. The molecule has 1 aromatic heterocycles. The lowest BCUT2D eigenvalue weighted by Crippen LogP contribution is -2.40. The number of thiazole rings is 1. The molecule has 1 fully saturated rings.